The molecular formula is C10H13NO4. The predicted molar refractivity (Wildman–Crippen MR) is 52.4 cm³/mol. The fourth-order valence-corrected chi connectivity index (χ4v) is 1.09. The lowest BCUT2D eigenvalue weighted by atomic mass is 10.1. The number of esters is 1. The van der Waals surface area contributed by atoms with E-state index in [1.807, 2.05) is 0 Å². The number of pyridine rings is 1. The van der Waals surface area contributed by atoms with Gasteiger partial charge in [-0.25, -0.2) is 0 Å². The Bertz CT molecular complexity index is 340. The summed E-state index contributed by atoms with van der Waals surface area (Å²) >= 11 is 0. The van der Waals surface area contributed by atoms with Gasteiger partial charge < -0.3 is 14.6 Å². The zero-order chi connectivity index (χ0) is 11.3. The average Bonchev–Trinajstić information content (AvgIpc) is 2.28. The first-order valence-electron chi connectivity index (χ1n) is 4.41. The van der Waals surface area contributed by atoms with Crippen molar-refractivity contribution in [1.29, 1.82) is 0 Å². The molecule has 0 bridgehead atoms. The number of hydrogen-bond donors (Lipinski definition) is 1. The molecule has 0 aromatic carbocycles. The maximum absolute atomic E-state index is 10.9. The first-order chi connectivity index (χ1) is 7.17. The molecule has 1 rings (SSSR count). The summed E-state index contributed by atoms with van der Waals surface area (Å²) in [4.78, 5) is 14.8. The number of hydrogen-bond acceptors (Lipinski definition) is 5. The standard InChI is InChI=1S/C10H13NO4/c1-14-8-3-7(5-11-6-8)9(12)4-10(13)15-2/h3,5-6,9,12H,4H2,1-2H3/t9-/m1/s1. The summed E-state index contributed by atoms with van der Waals surface area (Å²) in [5.74, 6) is 0.0711. The Hall–Kier alpha value is -1.62. The fraction of sp³-hybridized carbons (Fsp3) is 0.400. The molecule has 0 aliphatic heterocycles. The van der Waals surface area contributed by atoms with Crippen molar-refractivity contribution in [2.45, 2.75) is 12.5 Å². The van der Waals surface area contributed by atoms with Crippen LogP contribution in [0.3, 0.4) is 0 Å². The minimum atomic E-state index is -0.917. The number of nitrogens with zero attached hydrogens (tertiary/aromatic N) is 1. The smallest absolute Gasteiger partial charge is 0.308 e. The Morgan fingerprint density at radius 1 is 1.53 bits per heavy atom. The second-order valence-electron chi connectivity index (χ2n) is 2.95. The lowest BCUT2D eigenvalue weighted by Gasteiger charge is -2.09. The number of carbonyl (C=O) groups is 1. The molecule has 0 aliphatic carbocycles. The van der Waals surface area contributed by atoms with Crippen molar-refractivity contribution < 1.29 is 19.4 Å². The molecule has 1 heterocycles. The van der Waals surface area contributed by atoms with E-state index in [0.29, 0.717) is 11.3 Å². The van der Waals surface area contributed by atoms with Gasteiger partial charge in [-0.05, 0) is 6.07 Å². The largest absolute Gasteiger partial charge is 0.495 e. The Balaban J connectivity index is 2.72. The molecule has 5 heteroatoms. The highest BCUT2D eigenvalue weighted by atomic mass is 16.5. The normalized spacial score (nSPS) is 11.9. The highest BCUT2D eigenvalue weighted by Crippen LogP contribution is 2.20. The van der Waals surface area contributed by atoms with Gasteiger partial charge in [0.25, 0.3) is 0 Å². The zero-order valence-corrected chi connectivity index (χ0v) is 8.64. The molecule has 0 unspecified atom stereocenters. The fourth-order valence-electron chi connectivity index (χ4n) is 1.09. The Morgan fingerprint density at radius 2 is 2.27 bits per heavy atom. The van der Waals surface area contributed by atoms with Crippen molar-refractivity contribution in [2.24, 2.45) is 0 Å². The van der Waals surface area contributed by atoms with Gasteiger partial charge in [-0.3, -0.25) is 9.78 Å². The second kappa shape index (κ2) is 5.31. The summed E-state index contributed by atoms with van der Waals surface area (Å²) in [5, 5.41) is 9.65. The summed E-state index contributed by atoms with van der Waals surface area (Å²) in [6.07, 6.45) is 2.00. The van der Waals surface area contributed by atoms with Crippen molar-refractivity contribution >= 4 is 5.97 Å². The molecule has 1 aromatic rings. The van der Waals surface area contributed by atoms with E-state index >= 15 is 0 Å². The molecule has 0 amide bonds. The van der Waals surface area contributed by atoms with Gasteiger partial charge >= 0.3 is 5.97 Å². The van der Waals surface area contributed by atoms with Crippen LogP contribution in [0.2, 0.25) is 0 Å². The van der Waals surface area contributed by atoms with Crippen LogP contribution in [-0.4, -0.2) is 30.3 Å². The number of methoxy groups -OCH3 is 2. The molecule has 1 N–H and O–H groups in total. The van der Waals surface area contributed by atoms with Gasteiger partial charge in [0.1, 0.15) is 5.75 Å². The van der Waals surface area contributed by atoms with Crippen molar-refractivity contribution in [3.8, 4) is 5.75 Å². The minimum absolute atomic E-state index is 0.0919. The Morgan fingerprint density at radius 3 is 2.87 bits per heavy atom. The first-order valence-corrected chi connectivity index (χ1v) is 4.41. The monoisotopic (exact) mass is 211 g/mol. The van der Waals surface area contributed by atoms with Gasteiger partial charge in [0.2, 0.25) is 0 Å². The van der Waals surface area contributed by atoms with E-state index in [4.69, 9.17) is 4.74 Å². The molecule has 0 radical (unpaired) electrons. The summed E-state index contributed by atoms with van der Waals surface area (Å²) in [6, 6.07) is 1.63. The summed E-state index contributed by atoms with van der Waals surface area (Å²) in [5.41, 5.74) is 0.528. The van der Waals surface area contributed by atoms with Crippen molar-refractivity contribution in [2.75, 3.05) is 14.2 Å². The van der Waals surface area contributed by atoms with Crippen LogP contribution >= 0.6 is 0 Å². The van der Waals surface area contributed by atoms with Gasteiger partial charge in [-0.2, -0.15) is 0 Å². The van der Waals surface area contributed by atoms with Crippen LogP contribution in [0.25, 0.3) is 0 Å². The van der Waals surface area contributed by atoms with Crippen LogP contribution in [0.4, 0.5) is 0 Å². The lowest BCUT2D eigenvalue weighted by Crippen LogP contribution is -2.08. The molecule has 0 fully saturated rings. The first kappa shape index (κ1) is 11.5. The molecule has 0 aliphatic rings. The summed E-state index contributed by atoms with van der Waals surface area (Å²) in [6.45, 7) is 0. The van der Waals surface area contributed by atoms with Crippen molar-refractivity contribution in [1.82, 2.24) is 4.98 Å². The van der Waals surface area contributed by atoms with Gasteiger partial charge in [0, 0.05) is 11.8 Å². The van der Waals surface area contributed by atoms with Gasteiger partial charge in [-0.1, -0.05) is 0 Å². The van der Waals surface area contributed by atoms with E-state index in [1.165, 1.54) is 26.6 Å². The highest BCUT2D eigenvalue weighted by molar-refractivity contribution is 5.70. The van der Waals surface area contributed by atoms with Gasteiger partial charge in [0.15, 0.2) is 0 Å². The number of rotatable bonds is 4. The number of aliphatic hydroxyl groups excluding tert-OH is 1. The van der Waals surface area contributed by atoms with Crippen molar-refractivity contribution in [3.05, 3.63) is 24.0 Å². The molecule has 5 nitrogen and oxygen atoms in total. The van der Waals surface area contributed by atoms with Crippen LogP contribution in [0.1, 0.15) is 18.1 Å². The zero-order valence-electron chi connectivity index (χ0n) is 8.64. The number of ether oxygens (including phenoxy) is 2. The minimum Gasteiger partial charge on any atom is -0.495 e. The molecular weight excluding hydrogens is 198 g/mol. The van der Waals surface area contributed by atoms with Gasteiger partial charge in [0.05, 0.1) is 32.9 Å². The third kappa shape index (κ3) is 3.21. The van der Waals surface area contributed by atoms with E-state index in [9.17, 15) is 9.90 Å². The maximum Gasteiger partial charge on any atom is 0.308 e. The molecule has 0 saturated heterocycles. The second-order valence-corrected chi connectivity index (χ2v) is 2.95. The van der Waals surface area contributed by atoms with E-state index < -0.39 is 12.1 Å². The van der Waals surface area contributed by atoms with E-state index in [1.54, 1.807) is 6.07 Å². The van der Waals surface area contributed by atoms with Crippen LogP contribution in [0.5, 0.6) is 5.75 Å². The van der Waals surface area contributed by atoms with E-state index in [2.05, 4.69) is 9.72 Å². The Labute approximate surface area is 87.7 Å². The quantitative estimate of drug-likeness (QED) is 0.742. The molecule has 15 heavy (non-hydrogen) atoms. The van der Waals surface area contributed by atoms with E-state index in [0.717, 1.165) is 0 Å². The molecule has 1 atom stereocenters. The molecule has 82 valence electrons. The predicted octanol–water partition coefficient (Wildman–Crippen LogP) is 0.687. The van der Waals surface area contributed by atoms with Crippen LogP contribution in [0, 0.1) is 0 Å². The van der Waals surface area contributed by atoms with Crippen LogP contribution < -0.4 is 4.74 Å². The lowest BCUT2D eigenvalue weighted by molar-refractivity contribution is -0.142. The number of aliphatic hydroxyl groups is 1. The molecule has 0 spiro atoms. The molecule has 0 saturated carbocycles. The number of carbonyl (C=O) groups excluding carboxylic acids is 1. The third-order valence-corrected chi connectivity index (χ3v) is 1.94. The van der Waals surface area contributed by atoms with Crippen LogP contribution in [-0.2, 0) is 9.53 Å². The van der Waals surface area contributed by atoms with E-state index in [-0.39, 0.29) is 6.42 Å². The van der Waals surface area contributed by atoms with Crippen molar-refractivity contribution in [3.63, 3.8) is 0 Å². The topological polar surface area (TPSA) is 68.7 Å². The van der Waals surface area contributed by atoms with Crippen LogP contribution in [0.15, 0.2) is 18.5 Å². The average molecular weight is 211 g/mol. The molecule has 1 aromatic heterocycles. The SMILES string of the molecule is COC(=O)C[C@@H](O)c1cncc(OC)c1. The number of aromatic nitrogens is 1. The summed E-state index contributed by atoms with van der Waals surface area (Å²) < 4.78 is 9.39. The third-order valence-electron chi connectivity index (χ3n) is 1.94. The maximum atomic E-state index is 10.9. The summed E-state index contributed by atoms with van der Waals surface area (Å²) in [7, 11) is 2.78. The Kier molecular flexibility index (Phi) is 4.05. The van der Waals surface area contributed by atoms with Gasteiger partial charge in [-0.15, -0.1) is 0 Å². The highest BCUT2D eigenvalue weighted by Gasteiger charge is 2.14.